The average Bonchev–Trinajstić information content (AvgIpc) is 2.42. The summed E-state index contributed by atoms with van der Waals surface area (Å²) in [6, 6.07) is 4.15. The molecule has 62 valence electrons. The van der Waals surface area contributed by atoms with E-state index >= 15 is 0 Å². The molecule has 12 heavy (non-hydrogen) atoms. The van der Waals surface area contributed by atoms with Crippen molar-refractivity contribution >= 4 is 26.8 Å². The molecule has 0 unspecified atom stereocenters. The Bertz CT molecular complexity index is 431. The first-order valence-electron chi connectivity index (χ1n) is 3.77. The minimum Gasteiger partial charge on any atom is -0.268 e. The molecule has 1 heterocycles. The molecule has 0 aliphatic rings. The van der Waals surface area contributed by atoms with Crippen LogP contribution in [-0.2, 0) is 7.05 Å². The number of fused-ring (bicyclic) bond motifs is 1. The van der Waals surface area contributed by atoms with Gasteiger partial charge in [0, 0.05) is 16.9 Å². The van der Waals surface area contributed by atoms with Gasteiger partial charge in [-0.3, -0.25) is 4.68 Å². The topological polar surface area (TPSA) is 17.8 Å². The molecule has 1 aromatic carbocycles. The molecule has 0 spiro atoms. The Morgan fingerprint density at radius 3 is 2.83 bits per heavy atom. The third kappa shape index (κ3) is 0.966. The van der Waals surface area contributed by atoms with Gasteiger partial charge < -0.3 is 0 Å². The fourth-order valence-corrected chi connectivity index (χ4v) is 1.87. The van der Waals surface area contributed by atoms with E-state index in [1.807, 2.05) is 17.9 Å². The Hall–Kier alpha value is -0.830. The lowest BCUT2D eigenvalue weighted by molar-refractivity contribution is 0.794. The van der Waals surface area contributed by atoms with Crippen molar-refractivity contribution in [2.24, 2.45) is 7.05 Å². The Morgan fingerprint density at radius 1 is 1.42 bits per heavy atom. The van der Waals surface area contributed by atoms with Gasteiger partial charge in [0.05, 0.1) is 11.7 Å². The summed E-state index contributed by atoms with van der Waals surface area (Å²) in [6.45, 7) is 2.09. The van der Waals surface area contributed by atoms with E-state index in [4.69, 9.17) is 0 Å². The lowest BCUT2D eigenvalue weighted by Gasteiger charge is -1.99. The van der Waals surface area contributed by atoms with Crippen molar-refractivity contribution in [1.29, 1.82) is 0 Å². The van der Waals surface area contributed by atoms with Crippen LogP contribution in [-0.4, -0.2) is 9.78 Å². The predicted molar refractivity (Wildman–Crippen MR) is 53.2 cm³/mol. The van der Waals surface area contributed by atoms with E-state index in [0.717, 1.165) is 4.47 Å². The fraction of sp³-hybridized carbons (Fsp3) is 0.222. The molecule has 0 amide bonds. The van der Waals surface area contributed by atoms with Crippen molar-refractivity contribution in [2.75, 3.05) is 0 Å². The van der Waals surface area contributed by atoms with Gasteiger partial charge in [-0.25, -0.2) is 0 Å². The van der Waals surface area contributed by atoms with Crippen LogP contribution < -0.4 is 0 Å². The second-order valence-corrected chi connectivity index (χ2v) is 3.75. The van der Waals surface area contributed by atoms with Gasteiger partial charge in [-0.15, -0.1) is 0 Å². The molecular weight excluding hydrogens is 216 g/mol. The molecule has 1 aromatic heterocycles. The van der Waals surface area contributed by atoms with Gasteiger partial charge in [-0.1, -0.05) is 22.0 Å². The standard InChI is InChI=1S/C9H9BrN2/c1-6-3-4-8(10)7-5-11-12(2)9(6)7/h3-5H,1-2H3. The lowest BCUT2D eigenvalue weighted by atomic mass is 10.2. The smallest absolute Gasteiger partial charge is 0.0719 e. The number of aryl methyl sites for hydroxylation is 2. The molecule has 0 radical (unpaired) electrons. The van der Waals surface area contributed by atoms with E-state index in [-0.39, 0.29) is 0 Å². The highest BCUT2D eigenvalue weighted by Gasteiger charge is 2.04. The minimum atomic E-state index is 1.11. The molecule has 0 aliphatic heterocycles. The highest BCUT2D eigenvalue weighted by molar-refractivity contribution is 9.10. The molecular formula is C9H9BrN2. The monoisotopic (exact) mass is 224 g/mol. The van der Waals surface area contributed by atoms with Crippen LogP contribution in [0.25, 0.3) is 10.9 Å². The molecule has 0 atom stereocenters. The number of benzene rings is 1. The van der Waals surface area contributed by atoms with Crippen LogP contribution in [0, 0.1) is 6.92 Å². The quantitative estimate of drug-likeness (QED) is 0.673. The maximum Gasteiger partial charge on any atom is 0.0719 e. The summed E-state index contributed by atoms with van der Waals surface area (Å²) in [5, 5.41) is 5.38. The summed E-state index contributed by atoms with van der Waals surface area (Å²) in [6.07, 6.45) is 1.88. The van der Waals surface area contributed by atoms with Crippen LogP contribution in [0.15, 0.2) is 22.8 Å². The highest BCUT2D eigenvalue weighted by atomic mass is 79.9. The number of hydrogen-bond donors (Lipinski definition) is 0. The summed E-state index contributed by atoms with van der Waals surface area (Å²) >= 11 is 3.49. The Kier molecular flexibility index (Phi) is 1.68. The maximum atomic E-state index is 4.20. The second kappa shape index (κ2) is 2.59. The third-order valence-corrected chi connectivity index (χ3v) is 2.74. The van der Waals surface area contributed by atoms with E-state index < -0.39 is 0 Å². The van der Waals surface area contributed by atoms with E-state index in [9.17, 15) is 0 Å². The summed E-state index contributed by atoms with van der Waals surface area (Å²) < 4.78 is 3.01. The Labute approximate surface area is 79.3 Å². The van der Waals surface area contributed by atoms with Crippen molar-refractivity contribution in [3.05, 3.63) is 28.4 Å². The lowest BCUT2D eigenvalue weighted by Crippen LogP contribution is -1.90. The third-order valence-electron chi connectivity index (χ3n) is 2.05. The first-order valence-corrected chi connectivity index (χ1v) is 4.56. The van der Waals surface area contributed by atoms with Crippen LogP contribution in [0.3, 0.4) is 0 Å². The van der Waals surface area contributed by atoms with Crippen molar-refractivity contribution in [3.63, 3.8) is 0 Å². The van der Waals surface area contributed by atoms with E-state index in [1.54, 1.807) is 0 Å². The van der Waals surface area contributed by atoms with Gasteiger partial charge in [0.1, 0.15) is 0 Å². The van der Waals surface area contributed by atoms with Crippen molar-refractivity contribution in [2.45, 2.75) is 6.92 Å². The van der Waals surface area contributed by atoms with Crippen LogP contribution in [0.1, 0.15) is 5.56 Å². The number of hydrogen-bond acceptors (Lipinski definition) is 1. The Morgan fingerprint density at radius 2 is 2.17 bits per heavy atom. The summed E-state index contributed by atoms with van der Waals surface area (Å²) in [4.78, 5) is 0. The zero-order valence-corrected chi connectivity index (χ0v) is 8.59. The van der Waals surface area contributed by atoms with Crippen molar-refractivity contribution in [1.82, 2.24) is 9.78 Å². The first kappa shape index (κ1) is 7.80. The molecule has 2 aromatic rings. The predicted octanol–water partition coefficient (Wildman–Crippen LogP) is 2.64. The maximum absolute atomic E-state index is 4.20. The van der Waals surface area contributed by atoms with Gasteiger partial charge in [-0.2, -0.15) is 5.10 Å². The van der Waals surface area contributed by atoms with Crippen LogP contribution in [0.4, 0.5) is 0 Å². The number of halogens is 1. The summed E-state index contributed by atoms with van der Waals surface area (Å²) in [7, 11) is 1.96. The van der Waals surface area contributed by atoms with Gasteiger partial charge in [-0.05, 0) is 18.6 Å². The Balaban J connectivity index is 2.98. The number of rotatable bonds is 0. The molecule has 0 saturated heterocycles. The van der Waals surface area contributed by atoms with E-state index in [1.165, 1.54) is 16.5 Å². The first-order chi connectivity index (χ1) is 5.70. The largest absolute Gasteiger partial charge is 0.268 e. The normalized spacial score (nSPS) is 10.9. The molecule has 0 bridgehead atoms. The molecule has 2 rings (SSSR count). The van der Waals surface area contributed by atoms with Gasteiger partial charge in [0.25, 0.3) is 0 Å². The van der Waals surface area contributed by atoms with Crippen molar-refractivity contribution in [3.8, 4) is 0 Å². The molecule has 0 fully saturated rings. The molecule has 0 aliphatic carbocycles. The molecule has 0 N–H and O–H groups in total. The zero-order chi connectivity index (χ0) is 8.72. The fourth-order valence-electron chi connectivity index (χ4n) is 1.45. The van der Waals surface area contributed by atoms with Gasteiger partial charge >= 0.3 is 0 Å². The summed E-state index contributed by atoms with van der Waals surface area (Å²) in [5.74, 6) is 0. The average molecular weight is 225 g/mol. The number of nitrogens with zero attached hydrogens (tertiary/aromatic N) is 2. The van der Waals surface area contributed by atoms with Gasteiger partial charge in [0.2, 0.25) is 0 Å². The molecule has 2 nitrogen and oxygen atoms in total. The highest BCUT2D eigenvalue weighted by Crippen LogP contribution is 2.25. The summed E-state index contributed by atoms with van der Waals surface area (Å²) in [5.41, 5.74) is 2.46. The van der Waals surface area contributed by atoms with Crippen LogP contribution in [0.5, 0.6) is 0 Å². The second-order valence-electron chi connectivity index (χ2n) is 2.89. The molecule has 3 heteroatoms. The minimum absolute atomic E-state index is 1.11. The van der Waals surface area contributed by atoms with Crippen LogP contribution >= 0.6 is 15.9 Å². The van der Waals surface area contributed by atoms with E-state index in [2.05, 4.69) is 40.1 Å². The van der Waals surface area contributed by atoms with E-state index in [0.29, 0.717) is 0 Å². The zero-order valence-electron chi connectivity index (χ0n) is 7.00. The number of aromatic nitrogens is 2. The van der Waals surface area contributed by atoms with Crippen LogP contribution in [0.2, 0.25) is 0 Å². The van der Waals surface area contributed by atoms with Gasteiger partial charge in [0.15, 0.2) is 0 Å². The SMILES string of the molecule is Cc1ccc(Br)c2cnn(C)c12. The molecule has 0 saturated carbocycles. The van der Waals surface area contributed by atoms with Crippen molar-refractivity contribution < 1.29 is 0 Å².